The Morgan fingerprint density at radius 1 is 0.957 bits per heavy atom. The second kappa shape index (κ2) is 5.60. The van der Waals surface area contributed by atoms with Crippen molar-refractivity contribution >= 4 is 17.8 Å². The summed E-state index contributed by atoms with van der Waals surface area (Å²) in [4.78, 5) is 40.9. The van der Waals surface area contributed by atoms with Crippen molar-refractivity contribution in [2.24, 2.45) is 0 Å². The number of nitrogens with zero attached hydrogens (tertiary/aromatic N) is 1. The Labute approximate surface area is 129 Å². The average molecular weight is 317 g/mol. The molecule has 0 bridgehead atoms. The Hall–Kier alpha value is -3.09. The van der Waals surface area contributed by atoms with Gasteiger partial charge in [0.25, 0.3) is 18.2 Å². The minimum atomic E-state index is -2.75. The van der Waals surface area contributed by atoms with E-state index in [9.17, 15) is 23.2 Å². The standard InChI is InChI=1S/C16H9F2NO4/c17-13(18)9-4-3-5-10(8-9)16(22)23-19-14(20)11-6-1-2-7-12(11)15(19)21/h1-8,13H. The molecule has 1 aliphatic heterocycles. The number of halogens is 2. The van der Waals surface area contributed by atoms with Crippen LogP contribution in [-0.2, 0) is 4.84 Å². The number of amides is 2. The molecule has 0 unspecified atom stereocenters. The van der Waals surface area contributed by atoms with Crippen LogP contribution in [0, 0.1) is 0 Å². The molecule has 0 aromatic heterocycles. The molecule has 0 radical (unpaired) electrons. The zero-order valence-electron chi connectivity index (χ0n) is 11.5. The van der Waals surface area contributed by atoms with Crippen molar-refractivity contribution in [1.29, 1.82) is 0 Å². The summed E-state index contributed by atoms with van der Waals surface area (Å²) in [6.07, 6.45) is -2.75. The summed E-state index contributed by atoms with van der Waals surface area (Å²) in [7, 11) is 0. The third-order valence-corrected chi connectivity index (χ3v) is 3.31. The van der Waals surface area contributed by atoms with E-state index in [2.05, 4.69) is 0 Å². The van der Waals surface area contributed by atoms with Crippen LogP contribution in [0.25, 0.3) is 0 Å². The molecule has 0 atom stereocenters. The Morgan fingerprint density at radius 2 is 1.57 bits per heavy atom. The third-order valence-electron chi connectivity index (χ3n) is 3.31. The number of hydrogen-bond donors (Lipinski definition) is 0. The van der Waals surface area contributed by atoms with Crippen LogP contribution in [-0.4, -0.2) is 22.8 Å². The smallest absolute Gasteiger partial charge is 0.324 e. The lowest BCUT2D eigenvalue weighted by molar-refractivity contribution is -0.0584. The van der Waals surface area contributed by atoms with Gasteiger partial charge in [0.2, 0.25) is 0 Å². The lowest BCUT2D eigenvalue weighted by atomic mass is 10.1. The molecule has 1 aliphatic rings. The fourth-order valence-electron chi connectivity index (χ4n) is 2.19. The minimum Gasteiger partial charge on any atom is -0.324 e. The molecule has 2 aromatic rings. The van der Waals surface area contributed by atoms with Crippen molar-refractivity contribution in [3.05, 3.63) is 70.8 Å². The summed E-state index contributed by atoms with van der Waals surface area (Å²) >= 11 is 0. The number of hydrogen-bond acceptors (Lipinski definition) is 4. The van der Waals surface area contributed by atoms with Crippen LogP contribution in [0.1, 0.15) is 43.1 Å². The Balaban J connectivity index is 1.83. The fraction of sp³-hybridized carbons (Fsp3) is 0.0625. The van der Waals surface area contributed by atoms with Crippen LogP contribution in [0.2, 0.25) is 0 Å². The van der Waals surface area contributed by atoms with Crippen molar-refractivity contribution in [2.45, 2.75) is 6.43 Å². The van der Waals surface area contributed by atoms with Gasteiger partial charge in [-0.15, -0.1) is 0 Å². The molecule has 1 heterocycles. The van der Waals surface area contributed by atoms with E-state index in [0.29, 0.717) is 5.06 Å². The van der Waals surface area contributed by atoms with E-state index in [1.807, 2.05) is 0 Å². The van der Waals surface area contributed by atoms with Crippen molar-refractivity contribution < 1.29 is 28.0 Å². The van der Waals surface area contributed by atoms with Crippen molar-refractivity contribution in [1.82, 2.24) is 5.06 Å². The number of fused-ring (bicyclic) bond motifs is 1. The first-order chi connectivity index (χ1) is 11.0. The predicted molar refractivity (Wildman–Crippen MR) is 73.8 cm³/mol. The monoisotopic (exact) mass is 317 g/mol. The van der Waals surface area contributed by atoms with Gasteiger partial charge in [0.1, 0.15) is 0 Å². The molecule has 5 nitrogen and oxygen atoms in total. The SMILES string of the molecule is O=C(ON1C(=O)c2ccccc2C1=O)c1cccc(C(F)F)c1. The van der Waals surface area contributed by atoms with Gasteiger partial charge in [0.15, 0.2) is 0 Å². The van der Waals surface area contributed by atoms with Gasteiger partial charge in [-0.3, -0.25) is 9.59 Å². The highest BCUT2D eigenvalue weighted by Gasteiger charge is 2.38. The van der Waals surface area contributed by atoms with Crippen LogP contribution in [0.5, 0.6) is 0 Å². The summed E-state index contributed by atoms with van der Waals surface area (Å²) in [6, 6.07) is 10.6. The minimum absolute atomic E-state index is 0.117. The molecular formula is C16H9F2NO4. The Morgan fingerprint density at radius 3 is 2.13 bits per heavy atom. The lowest BCUT2D eigenvalue weighted by Crippen LogP contribution is -2.32. The highest BCUT2D eigenvalue weighted by atomic mass is 19.3. The molecule has 7 heteroatoms. The summed E-state index contributed by atoms with van der Waals surface area (Å²) in [5.41, 5.74) is -0.306. The third kappa shape index (κ3) is 2.57. The van der Waals surface area contributed by atoms with Crippen LogP contribution in [0.4, 0.5) is 8.78 Å². The first kappa shape index (κ1) is 14.8. The topological polar surface area (TPSA) is 63.7 Å². The normalized spacial score (nSPS) is 13.4. The van der Waals surface area contributed by atoms with Crippen LogP contribution >= 0.6 is 0 Å². The molecule has 0 N–H and O–H groups in total. The highest BCUT2D eigenvalue weighted by Crippen LogP contribution is 2.24. The molecule has 0 saturated carbocycles. The summed E-state index contributed by atoms with van der Waals surface area (Å²) in [5, 5.41) is 0.335. The summed E-state index contributed by atoms with van der Waals surface area (Å²) in [6.45, 7) is 0. The number of alkyl halides is 2. The Bertz CT molecular complexity index is 784. The van der Waals surface area contributed by atoms with E-state index in [4.69, 9.17) is 4.84 Å². The van der Waals surface area contributed by atoms with Crippen LogP contribution in [0.3, 0.4) is 0 Å². The molecule has 3 rings (SSSR count). The van der Waals surface area contributed by atoms with E-state index >= 15 is 0 Å². The first-order valence-corrected chi connectivity index (χ1v) is 6.57. The maximum absolute atomic E-state index is 12.6. The molecular weight excluding hydrogens is 308 g/mol. The van der Waals surface area contributed by atoms with Crippen molar-refractivity contribution in [3.63, 3.8) is 0 Å². The van der Waals surface area contributed by atoms with Crippen LogP contribution in [0.15, 0.2) is 48.5 Å². The quantitative estimate of drug-likeness (QED) is 0.816. The van der Waals surface area contributed by atoms with E-state index in [-0.39, 0.29) is 22.3 Å². The molecule has 2 aromatic carbocycles. The van der Waals surface area contributed by atoms with Gasteiger partial charge in [0, 0.05) is 5.56 Å². The molecule has 2 amide bonds. The van der Waals surface area contributed by atoms with Crippen molar-refractivity contribution in [2.75, 3.05) is 0 Å². The molecule has 116 valence electrons. The number of rotatable bonds is 3. The molecule has 0 fully saturated rings. The molecule has 23 heavy (non-hydrogen) atoms. The van der Waals surface area contributed by atoms with Crippen LogP contribution < -0.4 is 0 Å². The number of benzene rings is 2. The zero-order valence-corrected chi connectivity index (χ0v) is 11.5. The van der Waals surface area contributed by atoms with Gasteiger partial charge in [-0.25, -0.2) is 13.6 Å². The lowest BCUT2D eigenvalue weighted by Gasteiger charge is -2.13. The summed E-state index contributed by atoms with van der Waals surface area (Å²) < 4.78 is 25.3. The van der Waals surface area contributed by atoms with E-state index in [1.165, 1.54) is 24.3 Å². The number of carbonyl (C=O) groups excluding carboxylic acids is 3. The van der Waals surface area contributed by atoms with Gasteiger partial charge >= 0.3 is 5.97 Å². The highest BCUT2D eigenvalue weighted by molar-refractivity contribution is 6.21. The molecule has 0 spiro atoms. The second-order valence-corrected chi connectivity index (χ2v) is 4.76. The predicted octanol–water partition coefficient (Wildman–Crippen LogP) is 2.99. The van der Waals surface area contributed by atoms with E-state index < -0.39 is 24.2 Å². The summed E-state index contributed by atoms with van der Waals surface area (Å²) in [5.74, 6) is -2.62. The van der Waals surface area contributed by atoms with Gasteiger partial charge in [-0.2, -0.15) is 0 Å². The molecule has 0 aliphatic carbocycles. The number of hydroxylamine groups is 2. The molecule has 0 saturated heterocycles. The van der Waals surface area contributed by atoms with E-state index in [1.54, 1.807) is 12.1 Å². The van der Waals surface area contributed by atoms with Crippen molar-refractivity contribution in [3.8, 4) is 0 Å². The Kier molecular flexibility index (Phi) is 3.61. The first-order valence-electron chi connectivity index (χ1n) is 6.57. The van der Waals surface area contributed by atoms with Gasteiger partial charge in [-0.1, -0.05) is 29.3 Å². The average Bonchev–Trinajstić information content (AvgIpc) is 2.80. The van der Waals surface area contributed by atoms with Gasteiger partial charge < -0.3 is 4.84 Å². The number of carbonyl (C=O) groups is 3. The van der Waals surface area contributed by atoms with E-state index in [0.717, 1.165) is 12.1 Å². The van der Waals surface area contributed by atoms with Gasteiger partial charge in [-0.05, 0) is 24.3 Å². The zero-order chi connectivity index (χ0) is 16.6. The van der Waals surface area contributed by atoms with Gasteiger partial charge in [0.05, 0.1) is 16.7 Å². The largest absolute Gasteiger partial charge is 0.363 e. The second-order valence-electron chi connectivity index (χ2n) is 4.76. The maximum Gasteiger partial charge on any atom is 0.363 e. The number of imide groups is 1. The fourth-order valence-corrected chi connectivity index (χ4v) is 2.19. The maximum atomic E-state index is 12.6.